The molecular formula is C15H17N3O3. The third-order valence-corrected chi connectivity index (χ3v) is 3.29. The summed E-state index contributed by atoms with van der Waals surface area (Å²) in [5.74, 6) is 0.168. The van der Waals surface area contributed by atoms with Crippen molar-refractivity contribution in [3.8, 4) is 17.6 Å². The van der Waals surface area contributed by atoms with E-state index < -0.39 is 0 Å². The highest BCUT2D eigenvalue weighted by Gasteiger charge is 2.20. The number of methoxy groups -OCH3 is 1. The number of hydrogen-bond donors (Lipinski definition) is 2. The topological polar surface area (TPSA) is 85.6 Å². The molecule has 0 saturated carbocycles. The number of phenolic OH excluding ortho intramolecular Hbond substituents is 1. The normalized spacial score (nSPS) is 15.4. The second kappa shape index (κ2) is 6.77. The molecule has 21 heavy (non-hydrogen) atoms. The number of phenols is 1. The maximum atomic E-state index is 12.3. The summed E-state index contributed by atoms with van der Waals surface area (Å²) in [6, 6.07) is 6.62. The molecular weight excluding hydrogens is 270 g/mol. The highest BCUT2D eigenvalue weighted by molar-refractivity contribution is 6.02. The molecule has 6 heteroatoms. The number of nitrogens with one attached hydrogen (secondary N) is 1. The first-order chi connectivity index (χ1) is 10.2. The number of amides is 1. The van der Waals surface area contributed by atoms with Crippen LogP contribution in [0.25, 0.3) is 6.08 Å². The number of aromatic hydroxyl groups is 1. The molecule has 1 amide bonds. The van der Waals surface area contributed by atoms with E-state index in [1.165, 1.54) is 19.3 Å². The average Bonchev–Trinajstić information content (AvgIpc) is 2.54. The highest BCUT2D eigenvalue weighted by Crippen LogP contribution is 2.25. The van der Waals surface area contributed by atoms with E-state index in [0.717, 1.165) is 13.1 Å². The number of nitriles is 1. The fourth-order valence-corrected chi connectivity index (χ4v) is 2.11. The lowest BCUT2D eigenvalue weighted by molar-refractivity contribution is -0.127. The van der Waals surface area contributed by atoms with Gasteiger partial charge in [-0.25, -0.2) is 0 Å². The molecule has 2 rings (SSSR count). The Kier molecular flexibility index (Phi) is 4.80. The molecule has 1 heterocycles. The Morgan fingerprint density at radius 3 is 2.76 bits per heavy atom. The van der Waals surface area contributed by atoms with E-state index in [1.54, 1.807) is 17.0 Å². The fourth-order valence-electron chi connectivity index (χ4n) is 2.11. The van der Waals surface area contributed by atoms with Gasteiger partial charge in [0, 0.05) is 37.8 Å². The van der Waals surface area contributed by atoms with Crippen molar-refractivity contribution in [3.63, 3.8) is 0 Å². The molecule has 1 aliphatic rings. The maximum absolute atomic E-state index is 12.3. The Morgan fingerprint density at radius 1 is 1.48 bits per heavy atom. The van der Waals surface area contributed by atoms with Gasteiger partial charge in [0.05, 0.1) is 7.11 Å². The van der Waals surface area contributed by atoms with Crippen molar-refractivity contribution in [2.45, 2.75) is 0 Å². The molecule has 0 atom stereocenters. The van der Waals surface area contributed by atoms with Gasteiger partial charge in [0.1, 0.15) is 23.1 Å². The Labute approximate surface area is 123 Å². The van der Waals surface area contributed by atoms with Gasteiger partial charge < -0.3 is 20.1 Å². The quantitative estimate of drug-likeness (QED) is 0.632. The molecule has 1 aromatic rings. The second-order valence-electron chi connectivity index (χ2n) is 4.64. The molecule has 0 bridgehead atoms. The van der Waals surface area contributed by atoms with Gasteiger partial charge >= 0.3 is 0 Å². The molecule has 1 aromatic carbocycles. The highest BCUT2D eigenvalue weighted by atomic mass is 16.5. The van der Waals surface area contributed by atoms with Gasteiger partial charge in [0.25, 0.3) is 5.91 Å². The number of rotatable bonds is 3. The second-order valence-corrected chi connectivity index (χ2v) is 4.64. The van der Waals surface area contributed by atoms with Crippen molar-refractivity contribution in [1.29, 1.82) is 5.26 Å². The fraction of sp³-hybridized carbons (Fsp3) is 0.333. The molecule has 2 N–H and O–H groups in total. The Bertz CT molecular complexity index is 599. The molecule has 0 spiro atoms. The van der Waals surface area contributed by atoms with E-state index in [1.807, 2.05) is 6.07 Å². The summed E-state index contributed by atoms with van der Waals surface area (Å²) in [6.07, 6.45) is 1.40. The van der Waals surface area contributed by atoms with E-state index >= 15 is 0 Å². The number of carbonyl (C=O) groups is 1. The van der Waals surface area contributed by atoms with Gasteiger partial charge in [0.2, 0.25) is 0 Å². The third-order valence-electron chi connectivity index (χ3n) is 3.29. The lowest BCUT2D eigenvalue weighted by atomic mass is 10.1. The van der Waals surface area contributed by atoms with E-state index in [0.29, 0.717) is 24.4 Å². The first-order valence-corrected chi connectivity index (χ1v) is 6.64. The van der Waals surface area contributed by atoms with Crippen molar-refractivity contribution < 1.29 is 14.6 Å². The Morgan fingerprint density at radius 2 is 2.19 bits per heavy atom. The van der Waals surface area contributed by atoms with Crippen LogP contribution in [0.2, 0.25) is 0 Å². The van der Waals surface area contributed by atoms with Gasteiger partial charge in [-0.15, -0.1) is 0 Å². The van der Waals surface area contributed by atoms with Crippen LogP contribution in [0.5, 0.6) is 11.5 Å². The van der Waals surface area contributed by atoms with Crippen LogP contribution in [-0.2, 0) is 4.79 Å². The first kappa shape index (κ1) is 14.9. The molecule has 110 valence electrons. The summed E-state index contributed by atoms with van der Waals surface area (Å²) in [6.45, 7) is 2.59. The molecule has 1 saturated heterocycles. The van der Waals surface area contributed by atoms with Crippen LogP contribution in [0.4, 0.5) is 0 Å². The monoisotopic (exact) mass is 287 g/mol. The predicted molar refractivity (Wildman–Crippen MR) is 77.7 cm³/mol. The van der Waals surface area contributed by atoms with Gasteiger partial charge in [0.15, 0.2) is 0 Å². The van der Waals surface area contributed by atoms with Gasteiger partial charge in [-0.05, 0) is 18.2 Å². The lowest BCUT2D eigenvalue weighted by Gasteiger charge is -2.27. The molecule has 0 aliphatic carbocycles. The van der Waals surface area contributed by atoms with Crippen LogP contribution in [0.15, 0.2) is 23.8 Å². The zero-order valence-electron chi connectivity index (χ0n) is 11.8. The number of ether oxygens (including phenoxy) is 1. The van der Waals surface area contributed by atoms with E-state index in [-0.39, 0.29) is 17.2 Å². The summed E-state index contributed by atoms with van der Waals surface area (Å²) in [5, 5.41) is 22.2. The minimum absolute atomic E-state index is 0.0115. The van der Waals surface area contributed by atoms with Crippen molar-refractivity contribution >= 4 is 12.0 Å². The number of carbonyl (C=O) groups excluding carboxylic acids is 1. The predicted octanol–water partition coefficient (Wildman–Crippen LogP) is 0.740. The standard InChI is InChI=1S/C15H17N3O3/c1-21-13-3-2-11(14(19)9-13)8-12(10-16)15(20)18-6-4-17-5-7-18/h2-3,8-9,17,19H,4-7H2,1H3/b12-8+. The molecule has 1 fully saturated rings. The number of hydrogen-bond acceptors (Lipinski definition) is 5. The van der Waals surface area contributed by atoms with Crippen LogP contribution < -0.4 is 10.1 Å². The van der Waals surface area contributed by atoms with Crippen molar-refractivity contribution in [2.75, 3.05) is 33.3 Å². The van der Waals surface area contributed by atoms with Crippen LogP contribution in [-0.4, -0.2) is 49.2 Å². The summed E-state index contributed by atoms with van der Waals surface area (Å²) in [5.41, 5.74) is 0.424. The minimum Gasteiger partial charge on any atom is -0.507 e. The summed E-state index contributed by atoms with van der Waals surface area (Å²) in [7, 11) is 1.50. The lowest BCUT2D eigenvalue weighted by Crippen LogP contribution is -2.46. The van der Waals surface area contributed by atoms with Crippen LogP contribution >= 0.6 is 0 Å². The maximum Gasteiger partial charge on any atom is 0.264 e. The van der Waals surface area contributed by atoms with Crippen LogP contribution in [0.3, 0.4) is 0 Å². The first-order valence-electron chi connectivity index (χ1n) is 6.64. The van der Waals surface area contributed by atoms with E-state index in [9.17, 15) is 15.2 Å². The summed E-state index contributed by atoms with van der Waals surface area (Å²) in [4.78, 5) is 13.9. The minimum atomic E-state index is -0.311. The Hall–Kier alpha value is -2.52. The zero-order chi connectivity index (χ0) is 15.2. The third kappa shape index (κ3) is 3.52. The Balaban J connectivity index is 2.24. The molecule has 0 unspecified atom stereocenters. The van der Waals surface area contributed by atoms with Crippen LogP contribution in [0.1, 0.15) is 5.56 Å². The summed E-state index contributed by atoms with van der Waals surface area (Å²) >= 11 is 0. The van der Waals surface area contributed by atoms with Gasteiger partial charge in [-0.2, -0.15) is 5.26 Å². The molecule has 1 aliphatic heterocycles. The number of nitrogens with zero attached hydrogens (tertiary/aromatic N) is 2. The van der Waals surface area contributed by atoms with Gasteiger partial charge in [-0.3, -0.25) is 4.79 Å². The molecule has 6 nitrogen and oxygen atoms in total. The van der Waals surface area contributed by atoms with Crippen molar-refractivity contribution in [3.05, 3.63) is 29.3 Å². The summed E-state index contributed by atoms with van der Waals surface area (Å²) < 4.78 is 5.00. The van der Waals surface area contributed by atoms with E-state index in [4.69, 9.17) is 4.74 Å². The number of benzene rings is 1. The smallest absolute Gasteiger partial charge is 0.264 e. The molecule has 0 aromatic heterocycles. The number of piperazine rings is 1. The van der Waals surface area contributed by atoms with Crippen LogP contribution in [0, 0.1) is 11.3 Å². The molecule has 0 radical (unpaired) electrons. The van der Waals surface area contributed by atoms with Crippen molar-refractivity contribution in [2.24, 2.45) is 0 Å². The van der Waals surface area contributed by atoms with E-state index in [2.05, 4.69) is 5.32 Å². The van der Waals surface area contributed by atoms with Crippen molar-refractivity contribution in [1.82, 2.24) is 10.2 Å². The SMILES string of the molecule is COc1ccc(/C=C(\C#N)C(=O)N2CCNCC2)c(O)c1. The van der Waals surface area contributed by atoms with Gasteiger partial charge in [-0.1, -0.05) is 0 Å². The largest absolute Gasteiger partial charge is 0.507 e. The zero-order valence-corrected chi connectivity index (χ0v) is 11.8. The average molecular weight is 287 g/mol.